The summed E-state index contributed by atoms with van der Waals surface area (Å²) in [5, 5.41) is 10.6. The maximum absolute atomic E-state index is 14.9. The summed E-state index contributed by atoms with van der Waals surface area (Å²) < 4.78 is 31.3. The lowest BCUT2D eigenvalue weighted by Gasteiger charge is -2.17. The number of nitro groups is 1. The van der Waals surface area contributed by atoms with Crippen molar-refractivity contribution in [3.8, 4) is 0 Å². The van der Waals surface area contributed by atoms with Crippen molar-refractivity contribution in [1.29, 1.82) is 0 Å². The molecule has 1 aromatic carbocycles. The van der Waals surface area contributed by atoms with Gasteiger partial charge in [0.05, 0.1) is 4.92 Å². The lowest BCUT2D eigenvalue weighted by molar-refractivity contribution is -0.385. The van der Waals surface area contributed by atoms with E-state index >= 15 is 0 Å². The Morgan fingerprint density at radius 2 is 2.04 bits per heavy atom. The molecule has 3 aromatic rings. The summed E-state index contributed by atoms with van der Waals surface area (Å²) in [4.78, 5) is 17.6. The van der Waals surface area contributed by atoms with Gasteiger partial charge in [-0.15, -0.1) is 0 Å². The summed E-state index contributed by atoms with van der Waals surface area (Å²) >= 11 is 5.75. The van der Waals surface area contributed by atoms with Gasteiger partial charge < -0.3 is 4.57 Å². The van der Waals surface area contributed by atoms with Crippen LogP contribution in [-0.2, 0) is 13.0 Å². The number of rotatable bonds is 3. The predicted molar refractivity (Wildman–Crippen MR) is 79.6 cm³/mol. The Labute approximate surface area is 133 Å². The molecule has 0 aliphatic rings. The first kappa shape index (κ1) is 15.3. The average molecular weight is 339 g/mol. The van der Waals surface area contributed by atoms with Gasteiger partial charge in [0.25, 0.3) is 5.69 Å². The molecule has 0 spiro atoms. The fraction of sp³-hybridized carbons (Fsp3) is 0.143. The molecule has 0 aliphatic heterocycles. The quantitative estimate of drug-likeness (QED) is 0.415. The Kier molecular flexibility index (Phi) is 3.48. The molecule has 9 heteroatoms. The molecule has 2 heterocycles. The third kappa shape index (κ3) is 2.50. The molecule has 0 saturated heterocycles. The van der Waals surface area contributed by atoms with E-state index in [9.17, 15) is 18.9 Å². The van der Waals surface area contributed by atoms with Crippen LogP contribution in [0.1, 0.15) is 11.3 Å². The van der Waals surface area contributed by atoms with Crippen molar-refractivity contribution in [2.24, 2.45) is 7.05 Å². The van der Waals surface area contributed by atoms with Crippen molar-refractivity contribution in [2.45, 2.75) is 5.92 Å². The molecule has 0 atom stereocenters. The number of hydrogen-bond acceptors (Lipinski definition) is 4. The van der Waals surface area contributed by atoms with E-state index < -0.39 is 27.8 Å². The van der Waals surface area contributed by atoms with E-state index in [0.29, 0.717) is 0 Å². The number of benzene rings is 1. The summed E-state index contributed by atoms with van der Waals surface area (Å²) in [7, 11) is 1.64. The van der Waals surface area contributed by atoms with E-state index in [-0.39, 0.29) is 16.3 Å². The second-order valence-corrected chi connectivity index (χ2v) is 5.23. The highest BCUT2D eigenvalue weighted by atomic mass is 35.5. The Bertz CT molecular complexity index is 926. The van der Waals surface area contributed by atoms with Crippen molar-refractivity contribution in [1.82, 2.24) is 14.5 Å². The van der Waals surface area contributed by atoms with Crippen LogP contribution in [0.4, 0.5) is 14.5 Å². The van der Waals surface area contributed by atoms with Crippen LogP contribution in [0.2, 0.25) is 5.28 Å². The zero-order valence-corrected chi connectivity index (χ0v) is 12.5. The lowest BCUT2D eigenvalue weighted by atomic mass is 10.0. The van der Waals surface area contributed by atoms with Gasteiger partial charge in [-0.05, 0) is 17.7 Å². The third-order valence-corrected chi connectivity index (χ3v) is 3.58. The molecule has 2 aromatic heterocycles. The summed E-state index contributed by atoms with van der Waals surface area (Å²) in [6, 6.07) is 5.73. The molecule has 0 saturated carbocycles. The van der Waals surface area contributed by atoms with E-state index in [1.165, 1.54) is 16.7 Å². The molecule has 0 amide bonds. The smallest absolute Gasteiger partial charge is 0.316 e. The fourth-order valence-corrected chi connectivity index (χ4v) is 2.47. The van der Waals surface area contributed by atoms with Gasteiger partial charge in [0.2, 0.25) is 5.28 Å². The van der Waals surface area contributed by atoms with Crippen LogP contribution in [0.5, 0.6) is 0 Å². The third-order valence-electron chi connectivity index (χ3n) is 3.41. The number of nitro benzene ring substituents is 1. The number of alkyl halides is 2. The highest BCUT2D eigenvalue weighted by Crippen LogP contribution is 2.39. The Morgan fingerprint density at radius 1 is 1.30 bits per heavy atom. The molecule has 6 nitrogen and oxygen atoms in total. The van der Waals surface area contributed by atoms with Crippen LogP contribution in [0.25, 0.3) is 11.0 Å². The zero-order valence-electron chi connectivity index (χ0n) is 11.7. The fourth-order valence-electron chi connectivity index (χ4n) is 2.30. The van der Waals surface area contributed by atoms with Gasteiger partial charge in [0.1, 0.15) is 11.3 Å². The number of aryl methyl sites for hydroxylation is 1. The van der Waals surface area contributed by atoms with Gasteiger partial charge in [-0.1, -0.05) is 12.1 Å². The highest BCUT2D eigenvalue weighted by molar-refractivity contribution is 6.28. The molecule has 0 aliphatic carbocycles. The normalized spacial score (nSPS) is 11.8. The van der Waals surface area contributed by atoms with Crippen molar-refractivity contribution in [3.05, 3.63) is 63.2 Å². The summed E-state index contributed by atoms with van der Waals surface area (Å²) in [5.41, 5.74) is -1.29. The molecule has 0 unspecified atom stereocenters. The number of non-ortho nitro benzene ring substituents is 1. The number of aromatic nitrogens is 3. The summed E-state index contributed by atoms with van der Waals surface area (Å²) in [6.07, 6.45) is 1.56. The Balaban J connectivity index is 2.24. The van der Waals surface area contributed by atoms with Crippen molar-refractivity contribution in [3.63, 3.8) is 0 Å². The second kappa shape index (κ2) is 5.24. The average Bonchev–Trinajstić information content (AvgIpc) is 2.88. The second-order valence-electron chi connectivity index (χ2n) is 4.89. The number of fused-ring (bicyclic) bond motifs is 1. The van der Waals surface area contributed by atoms with E-state index in [2.05, 4.69) is 9.97 Å². The molecule has 0 bridgehead atoms. The first-order valence-corrected chi connectivity index (χ1v) is 6.80. The monoisotopic (exact) mass is 338 g/mol. The highest BCUT2D eigenvalue weighted by Gasteiger charge is 2.39. The van der Waals surface area contributed by atoms with Crippen LogP contribution < -0.4 is 0 Å². The van der Waals surface area contributed by atoms with Gasteiger partial charge in [-0.3, -0.25) is 10.1 Å². The van der Waals surface area contributed by atoms with Gasteiger partial charge in [0.15, 0.2) is 0 Å². The molecular formula is C14H9ClF2N4O2. The topological polar surface area (TPSA) is 73.8 Å². The van der Waals surface area contributed by atoms with Crippen molar-refractivity contribution in [2.75, 3.05) is 0 Å². The molecule has 0 radical (unpaired) electrons. The van der Waals surface area contributed by atoms with Crippen LogP contribution in [0, 0.1) is 10.1 Å². The number of nitrogens with zero attached hydrogens (tertiary/aromatic N) is 4. The standard InChI is InChI=1S/C14H9ClF2N4O2/c1-20-6-5-10-11(18-13(15)19-12(10)20)14(16,17)8-3-2-4-9(7-8)21(22)23/h2-7H,1H3. The van der Waals surface area contributed by atoms with Gasteiger partial charge in [-0.2, -0.15) is 13.8 Å². The van der Waals surface area contributed by atoms with Crippen LogP contribution >= 0.6 is 11.6 Å². The molecule has 3 rings (SSSR count). The summed E-state index contributed by atoms with van der Waals surface area (Å²) in [5.74, 6) is -3.56. The van der Waals surface area contributed by atoms with E-state index in [0.717, 1.165) is 18.2 Å². The zero-order chi connectivity index (χ0) is 16.8. The van der Waals surface area contributed by atoms with Crippen molar-refractivity contribution < 1.29 is 13.7 Å². The molecule has 0 N–H and O–H groups in total. The lowest BCUT2D eigenvalue weighted by Crippen LogP contribution is -2.18. The molecule has 118 valence electrons. The maximum Gasteiger partial charge on any atom is 0.316 e. The summed E-state index contributed by atoms with van der Waals surface area (Å²) in [6.45, 7) is 0. The Morgan fingerprint density at radius 3 is 2.74 bits per heavy atom. The van der Waals surface area contributed by atoms with Crippen LogP contribution in [0.15, 0.2) is 36.5 Å². The van der Waals surface area contributed by atoms with Gasteiger partial charge in [-0.25, -0.2) is 4.98 Å². The molecule has 23 heavy (non-hydrogen) atoms. The van der Waals surface area contributed by atoms with E-state index in [1.54, 1.807) is 13.2 Å². The minimum absolute atomic E-state index is 0.133. The SMILES string of the molecule is Cn1ccc2c(C(F)(F)c3cccc([N+](=O)[O-])c3)nc(Cl)nc21. The van der Waals surface area contributed by atoms with Crippen molar-refractivity contribution >= 4 is 28.3 Å². The minimum atomic E-state index is -3.56. The number of halogens is 3. The molecular weight excluding hydrogens is 330 g/mol. The van der Waals surface area contributed by atoms with Gasteiger partial charge in [0, 0.05) is 36.3 Å². The Hall–Kier alpha value is -2.61. The minimum Gasteiger partial charge on any atom is -0.335 e. The first-order chi connectivity index (χ1) is 10.8. The maximum atomic E-state index is 14.9. The largest absolute Gasteiger partial charge is 0.335 e. The predicted octanol–water partition coefficient (Wildman–Crippen LogP) is 3.67. The van der Waals surface area contributed by atoms with Crippen LogP contribution in [-0.4, -0.2) is 19.5 Å². The van der Waals surface area contributed by atoms with Gasteiger partial charge >= 0.3 is 5.92 Å². The van der Waals surface area contributed by atoms with Crippen LogP contribution in [0.3, 0.4) is 0 Å². The molecule has 0 fully saturated rings. The van der Waals surface area contributed by atoms with E-state index in [1.807, 2.05) is 0 Å². The number of hydrogen-bond donors (Lipinski definition) is 0. The first-order valence-electron chi connectivity index (χ1n) is 6.42. The van der Waals surface area contributed by atoms with E-state index in [4.69, 9.17) is 11.6 Å².